The Hall–Kier alpha value is -0.530. The SMILES string of the molecule is CCCCCCCCCCCCCCCCCCCCC(C)CC(C)CC(C)C(=O)OC. The Morgan fingerprint density at radius 3 is 1.31 bits per heavy atom. The van der Waals surface area contributed by atoms with Crippen molar-refractivity contribution in [2.45, 2.75) is 163 Å². The summed E-state index contributed by atoms with van der Waals surface area (Å²) in [4.78, 5) is 11.6. The van der Waals surface area contributed by atoms with Crippen LogP contribution in [0.1, 0.15) is 163 Å². The van der Waals surface area contributed by atoms with Gasteiger partial charge < -0.3 is 4.74 Å². The molecule has 0 aliphatic heterocycles. The Labute approximate surface area is 203 Å². The molecule has 0 amide bonds. The fourth-order valence-corrected chi connectivity index (χ4v) is 5.20. The zero-order valence-corrected chi connectivity index (χ0v) is 22.9. The molecule has 2 heteroatoms. The first kappa shape index (κ1) is 31.5. The van der Waals surface area contributed by atoms with Crippen LogP contribution in [0, 0.1) is 17.8 Å². The molecule has 0 saturated heterocycles. The summed E-state index contributed by atoms with van der Waals surface area (Å²) >= 11 is 0. The number of rotatable bonds is 24. The first-order chi connectivity index (χ1) is 15.5. The molecule has 0 spiro atoms. The lowest BCUT2D eigenvalue weighted by Gasteiger charge is -2.19. The van der Waals surface area contributed by atoms with E-state index in [4.69, 9.17) is 4.74 Å². The van der Waals surface area contributed by atoms with E-state index in [-0.39, 0.29) is 11.9 Å². The highest BCUT2D eigenvalue weighted by Crippen LogP contribution is 2.24. The number of ether oxygens (including phenoxy) is 1. The molecule has 2 nitrogen and oxygen atoms in total. The maximum atomic E-state index is 11.6. The third kappa shape index (κ3) is 21.3. The molecule has 0 saturated carbocycles. The quantitative estimate of drug-likeness (QED) is 0.107. The predicted octanol–water partition coefficient (Wildman–Crippen LogP) is 10.3. The largest absolute Gasteiger partial charge is 0.469 e. The van der Waals surface area contributed by atoms with Gasteiger partial charge in [-0.2, -0.15) is 0 Å². The Morgan fingerprint density at radius 2 is 0.938 bits per heavy atom. The van der Waals surface area contributed by atoms with E-state index in [9.17, 15) is 4.79 Å². The zero-order chi connectivity index (χ0) is 23.9. The summed E-state index contributed by atoms with van der Waals surface area (Å²) in [7, 11) is 1.49. The molecule has 0 rings (SSSR count). The van der Waals surface area contributed by atoms with Gasteiger partial charge in [0.05, 0.1) is 13.0 Å². The molecule has 0 aromatic rings. The van der Waals surface area contributed by atoms with E-state index < -0.39 is 0 Å². The van der Waals surface area contributed by atoms with Crippen LogP contribution >= 0.6 is 0 Å². The zero-order valence-electron chi connectivity index (χ0n) is 22.9. The van der Waals surface area contributed by atoms with Gasteiger partial charge in [-0.1, -0.05) is 150 Å². The van der Waals surface area contributed by atoms with Crippen molar-refractivity contribution >= 4 is 5.97 Å². The maximum absolute atomic E-state index is 11.6. The topological polar surface area (TPSA) is 26.3 Å². The molecule has 3 unspecified atom stereocenters. The van der Waals surface area contributed by atoms with Crippen LogP contribution in [0.15, 0.2) is 0 Å². The van der Waals surface area contributed by atoms with Crippen LogP contribution in [0.25, 0.3) is 0 Å². The summed E-state index contributed by atoms with van der Waals surface area (Å²) in [5.74, 6) is 1.35. The van der Waals surface area contributed by atoms with Gasteiger partial charge in [-0.3, -0.25) is 4.79 Å². The second-order valence-electron chi connectivity index (χ2n) is 10.9. The van der Waals surface area contributed by atoms with Crippen molar-refractivity contribution in [2.24, 2.45) is 17.8 Å². The number of esters is 1. The van der Waals surface area contributed by atoms with Gasteiger partial charge in [0.1, 0.15) is 0 Å². The number of carbonyl (C=O) groups is 1. The third-order valence-electron chi connectivity index (χ3n) is 7.21. The lowest BCUT2D eigenvalue weighted by Crippen LogP contribution is -2.16. The van der Waals surface area contributed by atoms with E-state index in [0.717, 1.165) is 12.3 Å². The van der Waals surface area contributed by atoms with Crippen LogP contribution in [-0.4, -0.2) is 13.1 Å². The van der Waals surface area contributed by atoms with Gasteiger partial charge in [0.25, 0.3) is 0 Å². The van der Waals surface area contributed by atoms with Crippen molar-refractivity contribution in [3.63, 3.8) is 0 Å². The molecule has 192 valence electrons. The Bertz CT molecular complexity index is 392. The molecule has 0 aliphatic carbocycles. The molecule has 32 heavy (non-hydrogen) atoms. The Morgan fingerprint density at radius 1 is 0.562 bits per heavy atom. The fraction of sp³-hybridized carbons (Fsp3) is 0.967. The summed E-state index contributed by atoms with van der Waals surface area (Å²) in [5.41, 5.74) is 0. The molecule has 0 aromatic carbocycles. The number of methoxy groups -OCH3 is 1. The minimum absolute atomic E-state index is 0.0345. The predicted molar refractivity (Wildman–Crippen MR) is 142 cm³/mol. The van der Waals surface area contributed by atoms with E-state index in [2.05, 4.69) is 20.8 Å². The van der Waals surface area contributed by atoms with E-state index in [1.807, 2.05) is 6.92 Å². The van der Waals surface area contributed by atoms with Crippen LogP contribution in [0.3, 0.4) is 0 Å². The second kappa shape index (κ2) is 23.6. The third-order valence-corrected chi connectivity index (χ3v) is 7.21. The number of hydrogen-bond acceptors (Lipinski definition) is 2. The normalized spacial score (nSPS) is 14.3. The van der Waals surface area contributed by atoms with Gasteiger partial charge in [0, 0.05) is 0 Å². The Kier molecular flexibility index (Phi) is 23.2. The van der Waals surface area contributed by atoms with E-state index in [1.165, 1.54) is 136 Å². The molecule has 3 atom stereocenters. The Balaban J connectivity index is 3.31. The smallest absolute Gasteiger partial charge is 0.308 e. The fourth-order valence-electron chi connectivity index (χ4n) is 5.20. The van der Waals surface area contributed by atoms with Gasteiger partial charge >= 0.3 is 5.97 Å². The minimum Gasteiger partial charge on any atom is -0.469 e. The van der Waals surface area contributed by atoms with E-state index in [1.54, 1.807) is 0 Å². The van der Waals surface area contributed by atoms with Crippen LogP contribution in [-0.2, 0) is 9.53 Å². The monoisotopic (exact) mass is 452 g/mol. The first-order valence-electron chi connectivity index (χ1n) is 14.6. The molecule has 0 heterocycles. The number of hydrogen-bond donors (Lipinski definition) is 0. The van der Waals surface area contributed by atoms with Crippen molar-refractivity contribution in [3.8, 4) is 0 Å². The second-order valence-corrected chi connectivity index (χ2v) is 10.9. The lowest BCUT2D eigenvalue weighted by molar-refractivity contribution is -0.145. The van der Waals surface area contributed by atoms with Crippen molar-refractivity contribution in [1.29, 1.82) is 0 Å². The average Bonchev–Trinajstić information content (AvgIpc) is 2.77. The van der Waals surface area contributed by atoms with Crippen LogP contribution in [0.4, 0.5) is 0 Å². The van der Waals surface area contributed by atoms with Gasteiger partial charge in [-0.25, -0.2) is 0 Å². The highest BCUT2D eigenvalue weighted by atomic mass is 16.5. The van der Waals surface area contributed by atoms with Gasteiger partial charge in [-0.15, -0.1) is 0 Å². The molecule has 0 N–H and O–H groups in total. The van der Waals surface area contributed by atoms with Gasteiger partial charge in [0.15, 0.2) is 0 Å². The summed E-state index contributed by atoms with van der Waals surface area (Å²) in [6, 6.07) is 0. The van der Waals surface area contributed by atoms with Crippen molar-refractivity contribution in [1.82, 2.24) is 0 Å². The highest BCUT2D eigenvalue weighted by Gasteiger charge is 2.18. The van der Waals surface area contributed by atoms with Crippen LogP contribution in [0.2, 0.25) is 0 Å². The van der Waals surface area contributed by atoms with Crippen molar-refractivity contribution < 1.29 is 9.53 Å². The number of carbonyl (C=O) groups excluding carboxylic acids is 1. The molecule has 0 fully saturated rings. The summed E-state index contributed by atoms with van der Waals surface area (Å²) in [6.07, 6.45) is 29.5. The van der Waals surface area contributed by atoms with E-state index >= 15 is 0 Å². The molecular weight excluding hydrogens is 392 g/mol. The molecular formula is C30H60O2. The highest BCUT2D eigenvalue weighted by molar-refractivity contribution is 5.71. The molecule has 0 bridgehead atoms. The number of unbranched alkanes of at least 4 members (excludes halogenated alkanes) is 17. The molecule has 0 aromatic heterocycles. The average molecular weight is 453 g/mol. The van der Waals surface area contributed by atoms with Crippen LogP contribution < -0.4 is 0 Å². The standard InChI is InChI=1S/C30H60O2/c1-6-7-8-9-10-11-12-13-14-15-16-17-18-19-20-21-22-23-24-27(2)25-28(3)26-29(4)30(31)32-5/h27-29H,6-26H2,1-5H3. The minimum atomic E-state index is -0.0620. The molecule has 0 aliphatic rings. The summed E-state index contributed by atoms with van der Waals surface area (Å²) in [6.45, 7) is 8.95. The van der Waals surface area contributed by atoms with Crippen LogP contribution in [0.5, 0.6) is 0 Å². The van der Waals surface area contributed by atoms with Crippen molar-refractivity contribution in [3.05, 3.63) is 0 Å². The van der Waals surface area contributed by atoms with Crippen molar-refractivity contribution in [2.75, 3.05) is 7.11 Å². The van der Waals surface area contributed by atoms with Gasteiger partial charge in [0.2, 0.25) is 0 Å². The lowest BCUT2D eigenvalue weighted by atomic mass is 9.87. The summed E-state index contributed by atoms with van der Waals surface area (Å²) < 4.78 is 4.85. The molecule has 0 radical (unpaired) electrons. The van der Waals surface area contributed by atoms with E-state index in [0.29, 0.717) is 5.92 Å². The van der Waals surface area contributed by atoms with Gasteiger partial charge in [-0.05, 0) is 24.7 Å². The summed E-state index contributed by atoms with van der Waals surface area (Å²) in [5, 5.41) is 0. The first-order valence-corrected chi connectivity index (χ1v) is 14.6. The maximum Gasteiger partial charge on any atom is 0.308 e.